The fourth-order valence-corrected chi connectivity index (χ4v) is 3.33. The second kappa shape index (κ2) is 17.8. The summed E-state index contributed by atoms with van der Waals surface area (Å²) in [5, 5.41) is 17.0. The Bertz CT molecular complexity index is 690. The lowest BCUT2D eigenvalue weighted by atomic mass is 10.1. The van der Waals surface area contributed by atoms with Gasteiger partial charge in [0.05, 0.1) is 6.04 Å². The Balaban J connectivity index is 4.97. The maximum Gasteiger partial charge on any atom is 0.326 e. The molecule has 14 heteroatoms. The molecule has 3 amide bonds. The van der Waals surface area contributed by atoms with E-state index in [0.29, 0.717) is 44.5 Å². The van der Waals surface area contributed by atoms with E-state index in [0.717, 1.165) is 0 Å². The number of guanidine groups is 1. The van der Waals surface area contributed by atoms with Crippen molar-refractivity contribution in [3.63, 3.8) is 0 Å². The molecule has 0 aliphatic carbocycles. The highest BCUT2D eigenvalue weighted by Gasteiger charge is 2.28. The Morgan fingerprint density at radius 3 is 2.12 bits per heavy atom. The van der Waals surface area contributed by atoms with Gasteiger partial charge in [-0.15, -0.1) is 0 Å². The predicted molar refractivity (Wildman–Crippen MR) is 133 cm³/mol. The van der Waals surface area contributed by atoms with E-state index in [1.54, 1.807) is 0 Å². The Morgan fingerprint density at radius 1 is 0.912 bits per heavy atom. The van der Waals surface area contributed by atoms with Gasteiger partial charge in [0, 0.05) is 6.54 Å². The Kier molecular flexibility index (Phi) is 16.5. The van der Waals surface area contributed by atoms with Gasteiger partial charge in [-0.1, -0.05) is 0 Å². The van der Waals surface area contributed by atoms with Crippen LogP contribution >= 0.6 is 11.8 Å². The van der Waals surface area contributed by atoms with Crippen molar-refractivity contribution in [2.45, 2.75) is 69.6 Å². The molecule has 12 N–H and O–H groups in total. The molecule has 4 unspecified atom stereocenters. The van der Waals surface area contributed by atoms with E-state index in [9.17, 15) is 24.3 Å². The van der Waals surface area contributed by atoms with Crippen molar-refractivity contribution in [1.29, 1.82) is 0 Å². The minimum absolute atomic E-state index is 0.0488. The van der Waals surface area contributed by atoms with Crippen LogP contribution in [0.25, 0.3) is 0 Å². The SMILES string of the molecule is CSCCC(NC(=O)C(CCCCN)NC(=O)C(C)NC(=O)C(N)CCCN=C(N)N)C(=O)O. The average molecular weight is 505 g/mol. The summed E-state index contributed by atoms with van der Waals surface area (Å²) in [6.45, 7) is 2.21. The number of carbonyl (C=O) groups excluding carboxylic acids is 3. The fourth-order valence-electron chi connectivity index (χ4n) is 2.86. The molecule has 196 valence electrons. The zero-order valence-corrected chi connectivity index (χ0v) is 20.7. The number of aliphatic imine (C=N–C) groups is 1. The summed E-state index contributed by atoms with van der Waals surface area (Å²) >= 11 is 1.46. The monoisotopic (exact) mass is 504 g/mol. The van der Waals surface area contributed by atoms with Crippen LogP contribution in [0.5, 0.6) is 0 Å². The highest BCUT2D eigenvalue weighted by Crippen LogP contribution is 2.06. The molecule has 0 aromatic carbocycles. The minimum atomic E-state index is -1.15. The molecule has 13 nitrogen and oxygen atoms in total. The predicted octanol–water partition coefficient (Wildman–Crippen LogP) is -2.19. The first-order valence-corrected chi connectivity index (χ1v) is 12.6. The normalized spacial score (nSPS) is 14.2. The summed E-state index contributed by atoms with van der Waals surface area (Å²) in [4.78, 5) is 52.9. The number of carboxylic acids is 1. The molecule has 4 atom stereocenters. The van der Waals surface area contributed by atoms with Gasteiger partial charge >= 0.3 is 5.97 Å². The quantitative estimate of drug-likeness (QED) is 0.0569. The second-order valence-electron chi connectivity index (χ2n) is 7.81. The highest BCUT2D eigenvalue weighted by atomic mass is 32.2. The minimum Gasteiger partial charge on any atom is -0.480 e. The number of amides is 3. The molecule has 0 saturated carbocycles. The summed E-state index contributed by atoms with van der Waals surface area (Å²) in [5.74, 6) is -2.37. The number of hydrogen-bond acceptors (Lipinski definition) is 8. The Morgan fingerprint density at radius 2 is 1.56 bits per heavy atom. The van der Waals surface area contributed by atoms with Gasteiger partial charge in [0.25, 0.3) is 0 Å². The first kappa shape index (κ1) is 31.4. The number of unbranched alkanes of at least 4 members (excludes halogenated alkanes) is 1. The molecule has 0 aromatic rings. The van der Waals surface area contributed by atoms with Crippen LogP contribution in [0, 0.1) is 0 Å². The summed E-state index contributed by atoms with van der Waals surface area (Å²) in [5.41, 5.74) is 21.8. The zero-order valence-electron chi connectivity index (χ0n) is 19.9. The first-order valence-electron chi connectivity index (χ1n) is 11.2. The van der Waals surface area contributed by atoms with Crippen molar-refractivity contribution in [1.82, 2.24) is 16.0 Å². The zero-order chi connectivity index (χ0) is 26.1. The summed E-state index contributed by atoms with van der Waals surface area (Å²) in [6, 6.07) is -3.86. The number of nitrogens with zero attached hydrogens (tertiary/aromatic N) is 1. The van der Waals surface area contributed by atoms with Crippen LogP contribution in [0.4, 0.5) is 0 Å². The number of rotatable bonds is 18. The van der Waals surface area contributed by atoms with E-state index in [2.05, 4.69) is 20.9 Å². The third-order valence-corrected chi connectivity index (χ3v) is 5.51. The molecular weight excluding hydrogens is 464 g/mol. The number of thioether (sulfide) groups is 1. The average Bonchev–Trinajstić information content (AvgIpc) is 2.77. The summed E-state index contributed by atoms with van der Waals surface area (Å²) < 4.78 is 0. The molecule has 0 fully saturated rings. The third-order valence-electron chi connectivity index (χ3n) is 4.86. The van der Waals surface area contributed by atoms with Crippen molar-refractivity contribution in [2.24, 2.45) is 27.9 Å². The third kappa shape index (κ3) is 13.9. The molecule has 0 aromatic heterocycles. The van der Waals surface area contributed by atoms with E-state index in [1.807, 2.05) is 6.26 Å². The molecule has 0 saturated heterocycles. The lowest BCUT2D eigenvalue weighted by molar-refractivity contribution is -0.142. The smallest absolute Gasteiger partial charge is 0.326 e. The van der Waals surface area contributed by atoms with E-state index in [4.69, 9.17) is 22.9 Å². The van der Waals surface area contributed by atoms with Crippen LogP contribution in [-0.4, -0.2) is 84.0 Å². The van der Waals surface area contributed by atoms with Gasteiger partial charge in [-0.2, -0.15) is 11.8 Å². The van der Waals surface area contributed by atoms with Crippen LogP contribution in [0.3, 0.4) is 0 Å². The van der Waals surface area contributed by atoms with Crippen molar-refractivity contribution in [3.05, 3.63) is 0 Å². The molecule has 0 radical (unpaired) electrons. The molecular formula is C20H40N8O5S. The summed E-state index contributed by atoms with van der Waals surface area (Å²) in [7, 11) is 0. The van der Waals surface area contributed by atoms with Crippen LogP contribution in [0.15, 0.2) is 4.99 Å². The van der Waals surface area contributed by atoms with Gasteiger partial charge in [-0.3, -0.25) is 19.4 Å². The van der Waals surface area contributed by atoms with Crippen LogP contribution in [0.2, 0.25) is 0 Å². The van der Waals surface area contributed by atoms with Gasteiger partial charge in [0.15, 0.2) is 5.96 Å². The lowest BCUT2D eigenvalue weighted by Gasteiger charge is -2.24. The van der Waals surface area contributed by atoms with Crippen molar-refractivity contribution < 1.29 is 24.3 Å². The summed E-state index contributed by atoms with van der Waals surface area (Å²) in [6.07, 6.45) is 4.34. The molecule has 34 heavy (non-hydrogen) atoms. The Hall–Kier alpha value is -2.58. The standard InChI is InChI=1S/C20H40N8O5S/c1-12(26-17(30)13(22)6-5-10-25-20(23)24)16(29)27-14(7-3-4-9-21)18(31)28-15(19(32)33)8-11-34-2/h12-15H,3-11,21-22H2,1-2H3,(H,26,30)(H,27,29)(H,28,31)(H,32,33)(H4,23,24,25). The molecule has 0 aliphatic rings. The van der Waals surface area contributed by atoms with Gasteiger partial charge in [0.1, 0.15) is 18.1 Å². The molecule has 0 bridgehead atoms. The van der Waals surface area contributed by atoms with Gasteiger partial charge < -0.3 is 44.0 Å². The van der Waals surface area contributed by atoms with E-state index >= 15 is 0 Å². The maximum atomic E-state index is 12.7. The highest BCUT2D eigenvalue weighted by molar-refractivity contribution is 7.98. The molecule has 0 spiro atoms. The van der Waals surface area contributed by atoms with E-state index in [1.165, 1.54) is 18.7 Å². The van der Waals surface area contributed by atoms with E-state index in [-0.39, 0.29) is 18.8 Å². The van der Waals surface area contributed by atoms with E-state index < -0.39 is 47.9 Å². The molecule has 0 rings (SSSR count). The Labute approximate surface area is 204 Å². The number of nitrogens with two attached hydrogens (primary N) is 4. The van der Waals surface area contributed by atoms with Gasteiger partial charge in [0.2, 0.25) is 17.7 Å². The van der Waals surface area contributed by atoms with Gasteiger partial charge in [-0.25, -0.2) is 4.79 Å². The van der Waals surface area contributed by atoms with Gasteiger partial charge in [-0.05, 0) is 64.0 Å². The molecule has 0 aliphatic heterocycles. The first-order chi connectivity index (χ1) is 16.0. The molecule has 0 heterocycles. The van der Waals surface area contributed by atoms with Crippen molar-refractivity contribution >= 4 is 41.4 Å². The topological polar surface area (TPSA) is 241 Å². The fraction of sp³-hybridized carbons (Fsp3) is 0.750. The van der Waals surface area contributed by atoms with Crippen LogP contribution in [0.1, 0.15) is 45.4 Å². The van der Waals surface area contributed by atoms with Crippen LogP contribution in [-0.2, 0) is 19.2 Å². The number of hydrogen-bond donors (Lipinski definition) is 8. The van der Waals surface area contributed by atoms with Crippen LogP contribution < -0.4 is 38.9 Å². The number of nitrogens with one attached hydrogen (secondary N) is 3. The lowest BCUT2D eigenvalue weighted by Crippen LogP contribution is -2.56. The van der Waals surface area contributed by atoms with Crippen molar-refractivity contribution in [3.8, 4) is 0 Å². The largest absolute Gasteiger partial charge is 0.480 e. The maximum absolute atomic E-state index is 12.7. The second-order valence-corrected chi connectivity index (χ2v) is 8.80. The number of aliphatic carboxylic acids is 1. The number of carbonyl (C=O) groups is 4. The van der Waals surface area contributed by atoms with Crippen molar-refractivity contribution in [2.75, 3.05) is 25.1 Å². The number of carboxylic acid groups (broad SMARTS) is 1.